The second-order valence-electron chi connectivity index (χ2n) is 6.62. The lowest BCUT2D eigenvalue weighted by Crippen LogP contribution is -2.30. The molecular weight excluding hydrogens is 280 g/mol. The molecule has 0 aromatic heterocycles. The largest absolute Gasteiger partial charge is 0.497 e. The van der Waals surface area contributed by atoms with Gasteiger partial charge in [0.1, 0.15) is 11.4 Å². The monoisotopic (exact) mass is 306 g/mol. The van der Waals surface area contributed by atoms with E-state index in [4.69, 9.17) is 9.47 Å². The van der Waals surface area contributed by atoms with Crippen LogP contribution in [0.2, 0.25) is 0 Å². The lowest BCUT2D eigenvalue weighted by molar-refractivity contribution is 0.0635. The van der Waals surface area contributed by atoms with Crippen molar-refractivity contribution in [3.8, 4) is 5.75 Å². The van der Waals surface area contributed by atoms with Gasteiger partial charge in [-0.1, -0.05) is 6.07 Å². The summed E-state index contributed by atoms with van der Waals surface area (Å²) >= 11 is 0. The number of hydrogen-bond acceptors (Lipinski definition) is 4. The molecule has 1 unspecified atom stereocenters. The molecule has 1 saturated heterocycles. The van der Waals surface area contributed by atoms with Gasteiger partial charge in [-0.25, -0.2) is 4.79 Å². The Balaban J connectivity index is 2.20. The van der Waals surface area contributed by atoms with Crippen molar-refractivity contribution in [2.45, 2.75) is 45.1 Å². The van der Waals surface area contributed by atoms with E-state index in [1.807, 2.05) is 39.0 Å². The average Bonchev–Trinajstić information content (AvgIpc) is 2.46. The van der Waals surface area contributed by atoms with Crippen LogP contribution in [0.4, 0.5) is 10.5 Å². The Kier molecular flexibility index (Phi) is 5.29. The number of methoxy groups -OCH3 is 1. The number of carbonyl (C=O) groups is 1. The van der Waals surface area contributed by atoms with Crippen LogP contribution in [0.15, 0.2) is 18.2 Å². The maximum atomic E-state index is 12.1. The molecule has 1 aliphatic rings. The highest BCUT2D eigenvalue weighted by Gasteiger charge is 2.22. The lowest BCUT2D eigenvalue weighted by Gasteiger charge is -2.26. The number of anilines is 1. The van der Waals surface area contributed by atoms with Crippen LogP contribution in [0, 0.1) is 0 Å². The van der Waals surface area contributed by atoms with Crippen LogP contribution in [0.1, 0.15) is 45.1 Å². The van der Waals surface area contributed by atoms with Gasteiger partial charge in [0.25, 0.3) is 0 Å². The Bertz CT molecular complexity index is 517. The number of nitrogens with one attached hydrogen (secondary N) is 2. The summed E-state index contributed by atoms with van der Waals surface area (Å²) in [6.07, 6.45) is 1.82. The minimum Gasteiger partial charge on any atom is -0.497 e. The molecule has 1 aromatic rings. The molecular formula is C17H26N2O3. The van der Waals surface area contributed by atoms with E-state index in [0.717, 1.165) is 42.9 Å². The number of benzene rings is 1. The summed E-state index contributed by atoms with van der Waals surface area (Å²) in [7, 11) is 1.62. The first kappa shape index (κ1) is 16.6. The van der Waals surface area contributed by atoms with E-state index in [9.17, 15) is 4.79 Å². The van der Waals surface area contributed by atoms with Gasteiger partial charge in [0.05, 0.1) is 12.8 Å². The molecule has 5 nitrogen and oxygen atoms in total. The number of hydrogen-bond donors (Lipinski definition) is 2. The zero-order chi connectivity index (χ0) is 16.2. The van der Waals surface area contributed by atoms with E-state index >= 15 is 0 Å². The second kappa shape index (κ2) is 7.01. The highest BCUT2D eigenvalue weighted by molar-refractivity contribution is 5.86. The van der Waals surface area contributed by atoms with Gasteiger partial charge in [-0.3, -0.25) is 5.32 Å². The fourth-order valence-electron chi connectivity index (χ4n) is 2.66. The topological polar surface area (TPSA) is 59.6 Å². The summed E-state index contributed by atoms with van der Waals surface area (Å²) in [5.74, 6) is 1.11. The van der Waals surface area contributed by atoms with Gasteiger partial charge in [-0.15, -0.1) is 0 Å². The third-order valence-corrected chi connectivity index (χ3v) is 3.63. The van der Waals surface area contributed by atoms with Crippen molar-refractivity contribution in [3.63, 3.8) is 0 Å². The van der Waals surface area contributed by atoms with Crippen LogP contribution < -0.4 is 15.4 Å². The number of amides is 1. The normalized spacial score (nSPS) is 18.6. The summed E-state index contributed by atoms with van der Waals surface area (Å²) in [6.45, 7) is 7.54. The molecule has 0 bridgehead atoms. The fraction of sp³-hybridized carbons (Fsp3) is 0.588. The predicted octanol–water partition coefficient (Wildman–Crippen LogP) is 3.51. The van der Waals surface area contributed by atoms with Gasteiger partial charge in [0, 0.05) is 12.6 Å². The third-order valence-electron chi connectivity index (χ3n) is 3.63. The lowest BCUT2D eigenvalue weighted by atomic mass is 9.90. The molecule has 122 valence electrons. The summed E-state index contributed by atoms with van der Waals surface area (Å²) in [5.41, 5.74) is 1.37. The maximum Gasteiger partial charge on any atom is 0.412 e. The van der Waals surface area contributed by atoms with E-state index in [2.05, 4.69) is 10.6 Å². The van der Waals surface area contributed by atoms with Gasteiger partial charge in [-0.2, -0.15) is 0 Å². The van der Waals surface area contributed by atoms with Crippen LogP contribution in [0.3, 0.4) is 0 Å². The van der Waals surface area contributed by atoms with E-state index in [0.29, 0.717) is 5.92 Å². The van der Waals surface area contributed by atoms with Crippen molar-refractivity contribution in [3.05, 3.63) is 23.8 Å². The Morgan fingerprint density at radius 3 is 2.73 bits per heavy atom. The molecule has 0 spiro atoms. The second-order valence-corrected chi connectivity index (χ2v) is 6.62. The Labute approximate surface area is 132 Å². The zero-order valence-electron chi connectivity index (χ0n) is 13.9. The van der Waals surface area contributed by atoms with Crippen molar-refractivity contribution in [1.82, 2.24) is 5.32 Å². The summed E-state index contributed by atoms with van der Waals surface area (Å²) in [5, 5.41) is 6.28. The molecule has 22 heavy (non-hydrogen) atoms. The van der Waals surface area contributed by atoms with Crippen molar-refractivity contribution in [2.75, 3.05) is 25.5 Å². The minimum atomic E-state index is -0.518. The molecule has 1 heterocycles. The highest BCUT2D eigenvalue weighted by atomic mass is 16.6. The molecule has 1 fully saturated rings. The van der Waals surface area contributed by atoms with E-state index < -0.39 is 11.7 Å². The molecule has 0 aliphatic carbocycles. The first-order valence-electron chi connectivity index (χ1n) is 7.78. The van der Waals surface area contributed by atoms with Crippen LogP contribution in [0.25, 0.3) is 0 Å². The smallest absolute Gasteiger partial charge is 0.412 e. The first-order valence-corrected chi connectivity index (χ1v) is 7.78. The Morgan fingerprint density at radius 2 is 2.14 bits per heavy atom. The van der Waals surface area contributed by atoms with E-state index in [-0.39, 0.29) is 0 Å². The summed E-state index contributed by atoms with van der Waals surface area (Å²) in [6, 6.07) is 5.82. The SMILES string of the molecule is COc1ccc(C2CCCNC2)c(NC(=O)OC(C)(C)C)c1. The first-order chi connectivity index (χ1) is 10.4. The Morgan fingerprint density at radius 1 is 1.36 bits per heavy atom. The fourth-order valence-corrected chi connectivity index (χ4v) is 2.66. The van der Waals surface area contributed by atoms with Crippen molar-refractivity contribution >= 4 is 11.8 Å². The quantitative estimate of drug-likeness (QED) is 0.897. The van der Waals surface area contributed by atoms with Gasteiger partial charge in [0.2, 0.25) is 0 Å². The summed E-state index contributed by atoms with van der Waals surface area (Å²) in [4.78, 5) is 12.1. The number of carbonyl (C=O) groups excluding carboxylic acids is 1. The predicted molar refractivity (Wildman–Crippen MR) is 87.7 cm³/mol. The molecule has 0 radical (unpaired) electrons. The molecule has 2 N–H and O–H groups in total. The van der Waals surface area contributed by atoms with Crippen molar-refractivity contribution in [1.29, 1.82) is 0 Å². The molecule has 1 amide bonds. The van der Waals surface area contributed by atoms with Crippen LogP contribution in [0.5, 0.6) is 5.75 Å². The molecule has 2 rings (SSSR count). The average molecular weight is 306 g/mol. The Hall–Kier alpha value is -1.75. The van der Waals surface area contributed by atoms with E-state index in [1.165, 1.54) is 0 Å². The highest BCUT2D eigenvalue weighted by Crippen LogP contribution is 2.32. The van der Waals surface area contributed by atoms with Gasteiger partial charge >= 0.3 is 6.09 Å². The standard InChI is InChI=1S/C17H26N2O3/c1-17(2,3)22-16(20)19-15-10-13(21-4)7-8-14(15)12-6-5-9-18-11-12/h7-8,10,12,18H,5-6,9,11H2,1-4H3,(H,19,20). The van der Waals surface area contributed by atoms with Crippen molar-refractivity contribution in [2.24, 2.45) is 0 Å². The number of piperidine rings is 1. The number of ether oxygens (including phenoxy) is 2. The number of rotatable bonds is 3. The van der Waals surface area contributed by atoms with Gasteiger partial charge < -0.3 is 14.8 Å². The minimum absolute atomic E-state index is 0.393. The van der Waals surface area contributed by atoms with Gasteiger partial charge in [-0.05, 0) is 57.7 Å². The zero-order valence-corrected chi connectivity index (χ0v) is 13.9. The molecule has 1 aliphatic heterocycles. The maximum absolute atomic E-state index is 12.1. The van der Waals surface area contributed by atoms with Gasteiger partial charge in [0.15, 0.2) is 0 Å². The molecule has 5 heteroatoms. The van der Waals surface area contributed by atoms with E-state index in [1.54, 1.807) is 7.11 Å². The molecule has 0 saturated carbocycles. The van der Waals surface area contributed by atoms with Crippen molar-refractivity contribution < 1.29 is 14.3 Å². The van der Waals surface area contributed by atoms with Crippen LogP contribution >= 0.6 is 0 Å². The summed E-state index contributed by atoms with van der Waals surface area (Å²) < 4.78 is 10.6. The molecule has 1 aromatic carbocycles. The molecule has 1 atom stereocenters. The van der Waals surface area contributed by atoms with Crippen LogP contribution in [-0.4, -0.2) is 31.9 Å². The third kappa shape index (κ3) is 4.63. The van der Waals surface area contributed by atoms with Crippen LogP contribution in [-0.2, 0) is 4.74 Å².